The zero-order valence-corrected chi connectivity index (χ0v) is 8.87. The smallest absolute Gasteiger partial charge is 0.133 e. The fourth-order valence-corrected chi connectivity index (χ4v) is 1.86. The van der Waals surface area contributed by atoms with Gasteiger partial charge in [-0.25, -0.2) is 0 Å². The normalized spacial score (nSPS) is 24.2. The van der Waals surface area contributed by atoms with E-state index in [4.69, 9.17) is 11.6 Å². The lowest BCUT2D eigenvalue weighted by Gasteiger charge is -2.42. The van der Waals surface area contributed by atoms with Gasteiger partial charge in [0.25, 0.3) is 0 Å². The molecule has 0 amide bonds. The Labute approximate surface area is 79.5 Å². The van der Waals surface area contributed by atoms with E-state index < -0.39 is 0 Å². The minimum atomic E-state index is -0.152. The van der Waals surface area contributed by atoms with Gasteiger partial charge in [-0.1, -0.05) is 20.8 Å². The molecule has 1 fully saturated rings. The summed E-state index contributed by atoms with van der Waals surface area (Å²) in [5.74, 6) is 0.371. The van der Waals surface area contributed by atoms with Crippen LogP contribution < -0.4 is 0 Å². The van der Waals surface area contributed by atoms with Gasteiger partial charge in [-0.15, -0.1) is 11.6 Å². The zero-order valence-electron chi connectivity index (χ0n) is 8.11. The van der Waals surface area contributed by atoms with Crippen LogP contribution in [0.1, 0.15) is 46.5 Å². The van der Waals surface area contributed by atoms with Gasteiger partial charge in [-0.3, -0.25) is 4.79 Å². The number of carbonyl (C=O) groups excluding carboxylic acids is 1. The molecule has 70 valence electrons. The van der Waals surface area contributed by atoms with Gasteiger partial charge in [0, 0.05) is 12.8 Å². The molecule has 1 nitrogen and oxygen atoms in total. The monoisotopic (exact) mass is 188 g/mol. The van der Waals surface area contributed by atoms with Crippen molar-refractivity contribution in [3.05, 3.63) is 0 Å². The standard InChI is InChI=1S/C10H17ClO/c1-9(2,3)10(11)6-4-8(12)5-7-10/h4-7H2,1-3H3. The second-order valence-electron chi connectivity index (χ2n) is 4.75. The fourth-order valence-electron chi connectivity index (χ4n) is 1.68. The van der Waals surface area contributed by atoms with Crippen LogP contribution in [0.25, 0.3) is 0 Å². The molecule has 0 radical (unpaired) electrons. The van der Waals surface area contributed by atoms with Crippen molar-refractivity contribution in [1.82, 2.24) is 0 Å². The van der Waals surface area contributed by atoms with Crippen LogP contribution in [-0.2, 0) is 4.79 Å². The number of alkyl halides is 1. The van der Waals surface area contributed by atoms with Crippen molar-refractivity contribution in [2.45, 2.75) is 51.3 Å². The highest BCUT2D eigenvalue weighted by Gasteiger charge is 2.42. The molecule has 0 bridgehead atoms. The summed E-state index contributed by atoms with van der Waals surface area (Å²) in [5, 5.41) is 0. The van der Waals surface area contributed by atoms with Crippen LogP contribution in [0.2, 0.25) is 0 Å². The first-order valence-electron chi connectivity index (χ1n) is 4.56. The molecule has 0 aromatic rings. The average Bonchev–Trinajstić information content (AvgIpc) is 1.93. The van der Waals surface area contributed by atoms with E-state index in [1.807, 2.05) is 0 Å². The Morgan fingerprint density at radius 3 is 2.00 bits per heavy atom. The lowest BCUT2D eigenvalue weighted by Crippen LogP contribution is -2.40. The number of hydrogen-bond donors (Lipinski definition) is 0. The van der Waals surface area contributed by atoms with Gasteiger partial charge in [0.05, 0.1) is 4.87 Å². The highest BCUT2D eigenvalue weighted by atomic mass is 35.5. The quantitative estimate of drug-likeness (QED) is 0.534. The summed E-state index contributed by atoms with van der Waals surface area (Å²) in [7, 11) is 0. The molecule has 0 saturated heterocycles. The van der Waals surface area contributed by atoms with Crippen LogP contribution in [0.3, 0.4) is 0 Å². The molecule has 0 unspecified atom stereocenters. The van der Waals surface area contributed by atoms with Gasteiger partial charge in [0.2, 0.25) is 0 Å². The van der Waals surface area contributed by atoms with E-state index in [1.54, 1.807) is 0 Å². The molecule has 2 heteroatoms. The summed E-state index contributed by atoms with van der Waals surface area (Å²) in [6.45, 7) is 6.45. The average molecular weight is 189 g/mol. The summed E-state index contributed by atoms with van der Waals surface area (Å²) in [5.41, 5.74) is 0.106. The highest BCUT2D eigenvalue weighted by molar-refractivity contribution is 6.24. The summed E-state index contributed by atoms with van der Waals surface area (Å²) >= 11 is 6.46. The van der Waals surface area contributed by atoms with Crippen molar-refractivity contribution >= 4 is 17.4 Å². The molecule has 0 heterocycles. The van der Waals surface area contributed by atoms with Crippen LogP contribution >= 0.6 is 11.6 Å². The van der Waals surface area contributed by atoms with Crippen LogP contribution in [0.4, 0.5) is 0 Å². The van der Waals surface area contributed by atoms with Crippen molar-refractivity contribution < 1.29 is 4.79 Å². The Balaban J connectivity index is 2.68. The number of rotatable bonds is 0. The maximum absolute atomic E-state index is 11.0. The lowest BCUT2D eigenvalue weighted by molar-refractivity contribution is -0.121. The first-order valence-corrected chi connectivity index (χ1v) is 4.94. The molecule has 0 spiro atoms. The largest absolute Gasteiger partial charge is 0.300 e. The molecule has 1 saturated carbocycles. The molecular formula is C10H17ClO. The molecule has 0 atom stereocenters. The van der Waals surface area contributed by atoms with Gasteiger partial charge in [0.1, 0.15) is 5.78 Å². The van der Waals surface area contributed by atoms with Gasteiger partial charge in [0.15, 0.2) is 0 Å². The van der Waals surface area contributed by atoms with E-state index in [0.29, 0.717) is 18.6 Å². The topological polar surface area (TPSA) is 17.1 Å². The first kappa shape index (κ1) is 10.0. The second kappa shape index (κ2) is 3.02. The maximum Gasteiger partial charge on any atom is 0.133 e. The van der Waals surface area contributed by atoms with Gasteiger partial charge in [-0.05, 0) is 18.3 Å². The molecule has 0 aromatic heterocycles. The number of halogens is 1. The van der Waals surface area contributed by atoms with E-state index in [0.717, 1.165) is 12.8 Å². The van der Waals surface area contributed by atoms with Crippen LogP contribution in [-0.4, -0.2) is 10.7 Å². The summed E-state index contributed by atoms with van der Waals surface area (Å²) < 4.78 is 0. The number of hydrogen-bond acceptors (Lipinski definition) is 1. The van der Waals surface area contributed by atoms with Gasteiger partial charge < -0.3 is 0 Å². The third-order valence-corrected chi connectivity index (χ3v) is 3.89. The van der Waals surface area contributed by atoms with E-state index in [9.17, 15) is 4.79 Å². The molecular weight excluding hydrogens is 172 g/mol. The Kier molecular flexibility index (Phi) is 2.53. The lowest BCUT2D eigenvalue weighted by atomic mass is 9.71. The van der Waals surface area contributed by atoms with Crippen molar-refractivity contribution in [2.24, 2.45) is 5.41 Å². The Bertz CT molecular complexity index is 181. The Morgan fingerprint density at radius 1 is 1.25 bits per heavy atom. The van der Waals surface area contributed by atoms with Crippen molar-refractivity contribution in [3.8, 4) is 0 Å². The SMILES string of the molecule is CC(C)(C)C1(Cl)CCC(=O)CC1. The number of ketones is 1. The van der Waals surface area contributed by atoms with E-state index in [1.165, 1.54) is 0 Å². The minimum Gasteiger partial charge on any atom is -0.300 e. The van der Waals surface area contributed by atoms with Gasteiger partial charge in [-0.2, -0.15) is 0 Å². The molecule has 1 aliphatic carbocycles. The maximum atomic E-state index is 11.0. The van der Waals surface area contributed by atoms with E-state index in [2.05, 4.69) is 20.8 Å². The summed E-state index contributed by atoms with van der Waals surface area (Å²) in [6, 6.07) is 0. The van der Waals surface area contributed by atoms with E-state index in [-0.39, 0.29) is 10.3 Å². The zero-order chi connectivity index (χ0) is 9.41. The van der Waals surface area contributed by atoms with Gasteiger partial charge >= 0.3 is 0 Å². The highest BCUT2D eigenvalue weighted by Crippen LogP contribution is 2.46. The molecule has 1 aliphatic rings. The van der Waals surface area contributed by atoms with Crippen molar-refractivity contribution in [2.75, 3.05) is 0 Å². The Morgan fingerprint density at radius 2 is 1.67 bits per heavy atom. The summed E-state index contributed by atoms with van der Waals surface area (Å²) in [6.07, 6.45) is 3.02. The first-order chi connectivity index (χ1) is 5.35. The molecule has 12 heavy (non-hydrogen) atoms. The van der Waals surface area contributed by atoms with Crippen LogP contribution in [0, 0.1) is 5.41 Å². The molecule has 0 N–H and O–H groups in total. The third-order valence-electron chi connectivity index (χ3n) is 2.94. The van der Waals surface area contributed by atoms with Crippen molar-refractivity contribution in [3.63, 3.8) is 0 Å². The third kappa shape index (κ3) is 1.82. The number of carbonyl (C=O) groups is 1. The van der Waals surface area contributed by atoms with E-state index >= 15 is 0 Å². The predicted molar refractivity (Wildman–Crippen MR) is 51.5 cm³/mol. The van der Waals surface area contributed by atoms with Crippen molar-refractivity contribution in [1.29, 1.82) is 0 Å². The predicted octanol–water partition coefficient (Wildman–Crippen LogP) is 3.15. The Hall–Kier alpha value is -0.0400. The molecule has 0 aromatic carbocycles. The fraction of sp³-hybridized carbons (Fsp3) is 0.900. The number of Topliss-reactive ketones (excluding diaryl/α,β-unsaturated/α-hetero) is 1. The molecule has 0 aliphatic heterocycles. The minimum absolute atomic E-state index is 0.106. The van der Waals surface area contributed by atoms with Crippen LogP contribution in [0.5, 0.6) is 0 Å². The summed E-state index contributed by atoms with van der Waals surface area (Å²) in [4.78, 5) is 10.9. The molecule has 1 rings (SSSR count). The van der Waals surface area contributed by atoms with Crippen LogP contribution in [0.15, 0.2) is 0 Å². The second-order valence-corrected chi connectivity index (χ2v) is 5.48.